The summed E-state index contributed by atoms with van der Waals surface area (Å²) in [5, 5.41) is 30.0. The Labute approximate surface area is 274 Å². The van der Waals surface area contributed by atoms with Gasteiger partial charge in [0.05, 0.1) is 37.2 Å². The number of nitrogens with zero attached hydrogens (tertiary/aromatic N) is 2. The third-order valence-electron chi connectivity index (χ3n) is 9.30. The van der Waals surface area contributed by atoms with Gasteiger partial charge in [0.2, 0.25) is 11.8 Å². The van der Waals surface area contributed by atoms with Crippen molar-refractivity contribution in [2.24, 2.45) is 17.8 Å². The van der Waals surface area contributed by atoms with Gasteiger partial charge >= 0.3 is 5.97 Å². The molecule has 4 amide bonds. The molecule has 2 aliphatic carbocycles. The number of carboxylic acids is 1. The van der Waals surface area contributed by atoms with Gasteiger partial charge in [-0.25, -0.2) is 9.69 Å². The third kappa shape index (κ3) is 4.06. The van der Waals surface area contributed by atoms with Crippen LogP contribution in [0.4, 0.5) is 5.69 Å². The number of halogens is 3. The van der Waals surface area contributed by atoms with Gasteiger partial charge in [-0.1, -0.05) is 27.6 Å². The fourth-order valence-corrected chi connectivity index (χ4v) is 8.78. The zero-order valence-electron chi connectivity index (χ0n) is 23.6. The molecule has 3 fully saturated rings. The number of phenolic OH excluding ortho intramolecular Hbond substituents is 1. The number of benzene rings is 2. The number of rotatable bonds is 6. The maximum Gasteiger partial charge on any atom is 0.339 e. The highest BCUT2D eigenvalue weighted by Crippen LogP contribution is 2.67. The predicted molar refractivity (Wildman–Crippen MR) is 162 cm³/mol. The number of carbonyl (C=O) groups is 5. The summed E-state index contributed by atoms with van der Waals surface area (Å²) < 4.78 is 11.2. The summed E-state index contributed by atoms with van der Waals surface area (Å²) in [6.45, 7) is 0. The molecule has 12 nitrogen and oxygen atoms in total. The normalized spacial score (nSPS) is 30.6. The first-order valence-electron chi connectivity index (χ1n) is 13.7. The van der Waals surface area contributed by atoms with Gasteiger partial charge in [-0.15, -0.1) is 23.2 Å². The maximum atomic E-state index is 14.2. The van der Waals surface area contributed by atoms with Crippen LogP contribution in [0.1, 0.15) is 34.7 Å². The first kappa shape index (κ1) is 31.2. The first-order valence-corrected chi connectivity index (χ1v) is 15.5. The molecule has 0 aromatic heterocycles. The van der Waals surface area contributed by atoms with Gasteiger partial charge in [0.25, 0.3) is 11.8 Å². The van der Waals surface area contributed by atoms with Crippen molar-refractivity contribution >= 4 is 74.4 Å². The molecule has 2 saturated heterocycles. The van der Waals surface area contributed by atoms with E-state index in [-0.39, 0.29) is 46.8 Å². The zero-order valence-corrected chi connectivity index (χ0v) is 26.7. The molecule has 45 heavy (non-hydrogen) atoms. The molecule has 15 heteroatoms. The molecule has 236 valence electrons. The summed E-state index contributed by atoms with van der Waals surface area (Å²) in [4.78, 5) is 64.8. The maximum absolute atomic E-state index is 14.2. The topological polar surface area (TPSA) is 171 Å². The Bertz CT molecular complexity index is 1720. The van der Waals surface area contributed by atoms with Crippen molar-refractivity contribution < 1.29 is 48.8 Å². The zero-order chi connectivity index (χ0) is 32.7. The van der Waals surface area contributed by atoms with Crippen LogP contribution in [-0.4, -0.2) is 79.2 Å². The van der Waals surface area contributed by atoms with E-state index >= 15 is 0 Å². The van der Waals surface area contributed by atoms with Crippen LogP contribution in [0.15, 0.2) is 42.0 Å². The van der Waals surface area contributed by atoms with Gasteiger partial charge in [-0.2, -0.15) is 0 Å². The standard InChI is InChI=1S/C30H25BrCl2N2O10/c1-44-19-8-13(36)9-20(45-2)22(19)23-14-5-6-16-21(17(14)10-29(32)27(42)34(11-31)28(43)30(23,29)33)25(39)35(24(16)38)12-3-4-15(26(40)41)18(37)7-12/h3-5,7-9,16-17,21,23,36-37H,6,10-11H2,1-2H3,(H,40,41)/t16-,17+,21-,23+,29+,30-/m0/s1. The summed E-state index contributed by atoms with van der Waals surface area (Å²) in [6, 6.07) is 5.96. The number of imide groups is 2. The molecule has 6 atom stereocenters. The molecule has 6 rings (SSSR count). The number of fused-ring (bicyclic) bond motifs is 4. The highest BCUT2D eigenvalue weighted by atomic mass is 79.9. The fraction of sp³-hybridized carbons (Fsp3) is 0.367. The molecule has 2 aromatic carbocycles. The number of phenols is 2. The second kappa shape index (κ2) is 10.6. The Morgan fingerprint density at radius 2 is 1.64 bits per heavy atom. The first-order chi connectivity index (χ1) is 21.3. The lowest BCUT2D eigenvalue weighted by molar-refractivity contribution is -0.138. The van der Waals surface area contributed by atoms with Crippen molar-refractivity contribution in [2.75, 3.05) is 24.6 Å². The number of likely N-dealkylation sites (tertiary alicyclic amines) is 1. The minimum atomic E-state index is -2.13. The van der Waals surface area contributed by atoms with Crippen molar-refractivity contribution in [3.8, 4) is 23.0 Å². The van der Waals surface area contributed by atoms with Gasteiger partial charge in [0, 0.05) is 29.7 Å². The molecule has 2 aliphatic heterocycles. The van der Waals surface area contributed by atoms with Gasteiger partial charge in [-0.05, 0) is 30.9 Å². The summed E-state index contributed by atoms with van der Waals surface area (Å²) in [5.41, 5.74) is 0.0417. The quantitative estimate of drug-likeness (QED) is 0.173. The molecule has 0 spiro atoms. The van der Waals surface area contributed by atoms with Crippen LogP contribution in [0.5, 0.6) is 23.0 Å². The summed E-state index contributed by atoms with van der Waals surface area (Å²) >= 11 is 17.7. The van der Waals surface area contributed by atoms with Gasteiger partial charge in [0.1, 0.15) is 28.6 Å². The van der Waals surface area contributed by atoms with Crippen LogP contribution in [-0.2, 0) is 19.2 Å². The van der Waals surface area contributed by atoms with E-state index in [9.17, 15) is 39.3 Å². The van der Waals surface area contributed by atoms with E-state index in [1.54, 1.807) is 6.08 Å². The average molecular weight is 724 g/mol. The number of hydrogen-bond acceptors (Lipinski definition) is 9. The lowest BCUT2D eigenvalue weighted by atomic mass is 9.56. The molecule has 1 saturated carbocycles. The number of carbonyl (C=O) groups excluding carboxylic acids is 4. The Morgan fingerprint density at radius 1 is 1.00 bits per heavy atom. The average Bonchev–Trinajstić information content (AvgIpc) is 3.34. The lowest BCUT2D eigenvalue weighted by Gasteiger charge is -2.51. The summed E-state index contributed by atoms with van der Waals surface area (Å²) in [7, 11) is 2.68. The molecule has 3 N–H and O–H groups in total. The number of aromatic carboxylic acids is 1. The summed E-state index contributed by atoms with van der Waals surface area (Å²) in [5.74, 6) is -8.88. The number of hydrogen-bond donors (Lipinski definition) is 3. The summed E-state index contributed by atoms with van der Waals surface area (Å²) in [6.07, 6.45) is 1.51. The molecule has 2 aromatic rings. The number of anilines is 1. The van der Waals surface area contributed by atoms with E-state index in [1.165, 1.54) is 32.4 Å². The van der Waals surface area contributed by atoms with Crippen LogP contribution >= 0.6 is 39.1 Å². The molecule has 0 unspecified atom stereocenters. The third-order valence-corrected chi connectivity index (χ3v) is 11.2. The molecule has 2 heterocycles. The Kier molecular flexibility index (Phi) is 7.37. The lowest BCUT2D eigenvalue weighted by Crippen LogP contribution is -2.60. The predicted octanol–water partition coefficient (Wildman–Crippen LogP) is 3.73. The van der Waals surface area contributed by atoms with Gasteiger partial charge in [0.15, 0.2) is 9.75 Å². The fourth-order valence-electron chi connectivity index (χ4n) is 7.37. The highest BCUT2D eigenvalue weighted by Gasteiger charge is 2.76. The van der Waals surface area contributed by atoms with Gasteiger partial charge < -0.3 is 24.8 Å². The molecule has 4 aliphatic rings. The SMILES string of the molecule is COc1cc(O)cc(OC)c1[C@H]1C2=CC[C@@H]3C(=O)N(c4ccc(C(=O)O)c(O)c4)C(=O)[C@@H]3[C@@H]2C[C@@]2(Cl)C(=O)N(CBr)C(=O)[C@@]12Cl. The second-order valence-electron chi connectivity index (χ2n) is 11.3. The second-order valence-corrected chi connectivity index (χ2v) is 13.0. The number of methoxy groups -OCH3 is 2. The highest BCUT2D eigenvalue weighted by molar-refractivity contribution is 9.09. The van der Waals surface area contributed by atoms with Gasteiger partial charge in [-0.3, -0.25) is 24.1 Å². The van der Waals surface area contributed by atoms with E-state index < -0.39 is 74.3 Å². The molecular weight excluding hydrogens is 699 g/mol. The van der Waals surface area contributed by atoms with E-state index in [0.29, 0.717) is 5.57 Å². The van der Waals surface area contributed by atoms with Crippen LogP contribution < -0.4 is 14.4 Å². The van der Waals surface area contributed by atoms with Crippen molar-refractivity contribution in [2.45, 2.75) is 28.5 Å². The Hall–Kier alpha value is -3.81. The van der Waals surface area contributed by atoms with E-state index in [1.807, 2.05) is 0 Å². The van der Waals surface area contributed by atoms with Crippen LogP contribution in [0.3, 0.4) is 0 Å². The number of allylic oxidation sites excluding steroid dienone is 2. The van der Waals surface area contributed by atoms with Crippen molar-refractivity contribution in [3.63, 3.8) is 0 Å². The number of ether oxygens (including phenoxy) is 2. The Balaban J connectivity index is 1.54. The number of carboxylic acid groups (broad SMARTS) is 1. The van der Waals surface area contributed by atoms with E-state index in [4.69, 9.17) is 32.7 Å². The number of aromatic hydroxyl groups is 2. The van der Waals surface area contributed by atoms with Crippen LogP contribution in [0.25, 0.3) is 0 Å². The minimum Gasteiger partial charge on any atom is -0.508 e. The Morgan fingerprint density at radius 3 is 2.20 bits per heavy atom. The van der Waals surface area contributed by atoms with E-state index in [0.717, 1.165) is 21.9 Å². The van der Waals surface area contributed by atoms with Crippen LogP contribution in [0.2, 0.25) is 0 Å². The number of amides is 4. The minimum absolute atomic E-state index is 0.0254. The molecule has 0 bridgehead atoms. The van der Waals surface area contributed by atoms with Crippen molar-refractivity contribution in [1.82, 2.24) is 4.90 Å². The monoisotopic (exact) mass is 722 g/mol. The van der Waals surface area contributed by atoms with Crippen LogP contribution in [0, 0.1) is 17.8 Å². The molecule has 0 radical (unpaired) electrons. The smallest absolute Gasteiger partial charge is 0.339 e. The largest absolute Gasteiger partial charge is 0.508 e. The number of alkyl halides is 3. The molecular formula is C30H25BrCl2N2O10. The van der Waals surface area contributed by atoms with E-state index in [2.05, 4.69) is 15.9 Å². The van der Waals surface area contributed by atoms with Crippen molar-refractivity contribution in [3.05, 3.63) is 53.1 Å². The van der Waals surface area contributed by atoms with Crippen molar-refractivity contribution in [1.29, 1.82) is 0 Å².